The van der Waals surface area contributed by atoms with Gasteiger partial charge in [0.2, 0.25) is 0 Å². The molecule has 3 atom stereocenters. The summed E-state index contributed by atoms with van der Waals surface area (Å²) in [6.07, 6.45) is 6.82. The van der Waals surface area contributed by atoms with Gasteiger partial charge in [-0.05, 0) is 56.2 Å². The molecule has 1 aliphatic heterocycles. The Morgan fingerprint density at radius 1 is 1.23 bits per heavy atom. The van der Waals surface area contributed by atoms with Gasteiger partial charge in [-0.1, -0.05) is 12.1 Å². The normalized spacial score (nSPS) is 36.4. The number of methoxy groups -OCH3 is 2. The van der Waals surface area contributed by atoms with E-state index in [1.807, 2.05) is 7.11 Å². The van der Waals surface area contributed by atoms with Gasteiger partial charge in [-0.15, -0.1) is 0 Å². The molecule has 1 heterocycles. The van der Waals surface area contributed by atoms with E-state index in [1.54, 1.807) is 7.11 Å². The summed E-state index contributed by atoms with van der Waals surface area (Å²) >= 11 is 0. The minimum atomic E-state index is -0.268. The van der Waals surface area contributed by atoms with Gasteiger partial charge in [0.15, 0.2) is 0 Å². The summed E-state index contributed by atoms with van der Waals surface area (Å²) in [7, 11) is 3.62. The van der Waals surface area contributed by atoms with Crippen LogP contribution >= 0.6 is 0 Å². The highest BCUT2D eigenvalue weighted by atomic mass is 16.5. The van der Waals surface area contributed by atoms with Gasteiger partial charge in [-0.3, -0.25) is 9.69 Å². The molecule has 0 radical (unpaired) electrons. The molecule has 4 nitrogen and oxygen atoms in total. The first-order chi connectivity index (χ1) is 12.6. The zero-order valence-corrected chi connectivity index (χ0v) is 15.9. The van der Waals surface area contributed by atoms with Crippen molar-refractivity contribution in [3.05, 3.63) is 29.3 Å². The molecule has 140 valence electrons. The summed E-state index contributed by atoms with van der Waals surface area (Å²) in [5.74, 6) is 2.19. The molecule has 2 bridgehead atoms. The average molecular weight is 355 g/mol. The lowest BCUT2D eigenvalue weighted by Crippen LogP contribution is -2.74. The zero-order chi connectivity index (χ0) is 17.9. The Morgan fingerprint density at radius 2 is 2.08 bits per heavy atom. The van der Waals surface area contributed by atoms with Crippen LogP contribution < -0.4 is 4.74 Å². The minimum Gasteiger partial charge on any atom is -0.496 e. The number of rotatable bonds is 4. The van der Waals surface area contributed by atoms with Crippen molar-refractivity contribution < 1.29 is 14.3 Å². The number of ether oxygens (including phenoxy) is 2. The third-order valence-electron chi connectivity index (χ3n) is 7.67. The Balaban J connectivity index is 1.70. The summed E-state index contributed by atoms with van der Waals surface area (Å²) in [5.41, 5.74) is 2.12. The number of ketones is 1. The number of fused-ring (bicyclic) bond motifs is 1. The molecule has 0 aromatic heterocycles. The fourth-order valence-corrected chi connectivity index (χ4v) is 6.38. The number of carbonyl (C=O) groups is 1. The van der Waals surface area contributed by atoms with Gasteiger partial charge >= 0.3 is 0 Å². The summed E-state index contributed by atoms with van der Waals surface area (Å²) in [4.78, 5) is 15.3. The van der Waals surface area contributed by atoms with E-state index in [2.05, 4.69) is 23.1 Å². The summed E-state index contributed by atoms with van der Waals surface area (Å²) in [6, 6.07) is 6.77. The molecule has 1 unspecified atom stereocenters. The van der Waals surface area contributed by atoms with Crippen LogP contribution in [0.3, 0.4) is 0 Å². The Bertz CT molecular complexity index is 743. The van der Waals surface area contributed by atoms with Crippen molar-refractivity contribution in [1.82, 2.24) is 4.90 Å². The van der Waals surface area contributed by atoms with Crippen molar-refractivity contribution in [3.8, 4) is 5.75 Å². The van der Waals surface area contributed by atoms with Gasteiger partial charge in [0.25, 0.3) is 0 Å². The smallest absolute Gasteiger partial charge is 0.134 e. The highest BCUT2D eigenvalue weighted by molar-refractivity contribution is 5.83. The van der Waals surface area contributed by atoms with E-state index in [-0.39, 0.29) is 11.0 Å². The molecule has 5 rings (SSSR count). The molecule has 0 spiro atoms. The molecule has 0 amide bonds. The van der Waals surface area contributed by atoms with Crippen molar-refractivity contribution in [2.45, 2.75) is 62.0 Å². The fraction of sp³-hybridized carbons (Fsp3) is 0.682. The van der Waals surface area contributed by atoms with E-state index < -0.39 is 0 Å². The van der Waals surface area contributed by atoms with Gasteiger partial charge < -0.3 is 9.47 Å². The Labute approximate surface area is 155 Å². The van der Waals surface area contributed by atoms with Gasteiger partial charge in [-0.25, -0.2) is 0 Å². The SMILES string of the molecule is COc1cccc2c1[C@]13CCN(CC4CC4)[C@H](C2)C1(OC)CCC(=O)C3. The lowest BCUT2D eigenvalue weighted by atomic mass is 9.49. The Morgan fingerprint density at radius 3 is 2.81 bits per heavy atom. The molecular formula is C22H29NO3. The van der Waals surface area contributed by atoms with E-state index in [0.29, 0.717) is 24.7 Å². The zero-order valence-electron chi connectivity index (χ0n) is 15.9. The van der Waals surface area contributed by atoms with E-state index in [9.17, 15) is 4.79 Å². The molecule has 1 aromatic carbocycles. The predicted octanol–water partition coefficient (Wildman–Crippen LogP) is 3.11. The van der Waals surface area contributed by atoms with Crippen LogP contribution in [0.2, 0.25) is 0 Å². The molecule has 26 heavy (non-hydrogen) atoms. The van der Waals surface area contributed by atoms with Crippen LogP contribution in [0, 0.1) is 5.92 Å². The number of hydrogen-bond acceptors (Lipinski definition) is 4. The van der Waals surface area contributed by atoms with Gasteiger partial charge in [0, 0.05) is 43.5 Å². The lowest BCUT2D eigenvalue weighted by Gasteiger charge is -2.65. The third-order valence-corrected chi connectivity index (χ3v) is 7.67. The number of piperidine rings is 1. The number of likely N-dealkylation sites (tertiary alicyclic amines) is 1. The maximum Gasteiger partial charge on any atom is 0.134 e. The maximum atomic E-state index is 12.6. The molecule has 1 aromatic rings. The van der Waals surface area contributed by atoms with E-state index >= 15 is 0 Å². The highest BCUT2D eigenvalue weighted by Gasteiger charge is 2.66. The van der Waals surface area contributed by atoms with Gasteiger partial charge in [-0.2, -0.15) is 0 Å². The topological polar surface area (TPSA) is 38.8 Å². The van der Waals surface area contributed by atoms with Crippen LogP contribution in [0.4, 0.5) is 0 Å². The molecule has 1 saturated heterocycles. The second-order valence-electron chi connectivity index (χ2n) is 8.79. The van der Waals surface area contributed by atoms with Crippen molar-refractivity contribution >= 4 is 5.78 Å². The van der Waals surface area contributed by atoms with Crippen LogP contribution in [-0.2, 0) is 21.4 Å². The second kappa shape index (κ2) is 5.80. The largest absolute Gasteiger partial charge is 0.496 e. The number of benzene rings is 1. The van der Waals surface area contributed by atoms with Crippen molar-refractivity contribution in [1.29, 1.82) is 0 Å². The average Bonchev–Trinajstić information content (AvgIpc) is 3.47. The van der Waals surface area contributed by atoms with Crippen molar-refractivity contribution in [2.75, 3.05) is 27.3 Å². The number of carbonyl (C=O) groups excluding carboxylic acids is 1. The standard InChI is InChI=1S/C22H29NO3/c1-25-18-5-3-4-16-12-19-22(26-2)9-8-17(24)13-21(22,20(16)18)10-11-23(19)14-15-6-7-15/h3-5,15,19H,6-14H2,1-2H3/t19-,21-,22?/m1/s1. The lowest BCUT2D eigenvalue weighted by molar-refractivity contribution is -0.188. The minimum absolute atomic E-state index is 0.234. The Hall–Kier alpha value is -1.39. The van der Waals surface area contributed by atoms with E-state index in [1.165, 1.54) is 30.5 Å². The highest BCUT2D eigenvalue weighted by Crippen LogP contribution is 2.61. The quantitative estimate of drug-likeness (QED) is 0.832. The maximum absolute atomic E-state index is 12.6. The van der Waals surface area contributed by atoms with E-state index in [0.717, 1.165) is 37.5 Å². The molecule has 0 N–H and O–H groups in total. The number of hydrogen-bond donors (Lipinski definition) is 0. The number of nitrogens with zero attached hydrogens (tertiary/aromatic N) is 1. The summed E-state index contributed by atoms with van der Waals surface area (Å²) in [5, 5.41) is 0. The van der Waals surface area contributed by atoms with Crippen LogP contribution in [0.5, 0.6) is 5.75 Å². The number of Topliss-reactive ketones (excluding diaryl/α,β-unsaturated/α-hetero) is 1. The second-order valence-corrected chi connectivity index (χ2v) is 8.79. The molecular weight excluding hydrogens is 326 g/mol. The first-order valence-corrected chi connectivity index (χ1v) is 10.1. The van der Waals surface area contributed by atoms with Crippen LogP contribution in [0.25, 0.3) is 0 Å². The van der Waals surface area contributed by atoms with Crippen molar-refractivity contribution in [3.63, 3.8) is 0 Å². The third kappa shape index (κ3) is 2.12. The first kappa shape index (κ1) is 16.8. The van der Waals surface area contributed by atoms with Crippen LogP contribution in [0.1, 0.15) is 49.7 Å². The van der Waals surface area contributed by atoms with Gasteiger partial charge in [0.1, 0.15) is 11.5 Å². The first-order valence-electron chi connectivity index (χ1n) is 10.1. The monoisotopic (exact) mass is 355 g/mol. The molecule has 3 aliphatic carbocycles. The predicted molar refractivity (Wildman–Crippen MR) is 99.7 cm³/mol. The molecule has 2 saturated carbocycles. The summed E-state index contributed by atoms with van der Waals surface area (Å²) in [6.45, 7) is 2.26. The van der Waals surface area contributed by atoms with Crippen LogP contribution in [-0.4, -0.2) is 49.6 Å². The molecule has 3 fully saturated rings. The summed E-state index contributed by atoms with van der Waals surface area (Å²) < 4.78 is 12.2. The van der Waals surface area contributed by atoms with Gasteiger partial charge in [0.05, 0.1) is 12.7 Å². The molecule has 4 heteroatoms. The van der Waals surface area contributed by atoms with Crippen molar-refractivity contribution in [2.24, 2.45) is 5.92 Å². The molecule has 4 aliphatic rings. The van der Waals surface area contributed by atoms with E-state index in [4.69, 9.17) is 9.47 Å². The fourth-order valence-electron chi connectivity index (χ4n) is 6.38. The van der Waals surface area contributed by atoms with Crippen LogP contribution in [0.15, 0.2) is 18.2 Å². The Kier molecular flexibility index (Phi) is 3.74.